The molecule has 21 heavy (non-hydrogen) atoms. The van der Waals surface area contributed by atoms with Gasteiger partial charge in [0.1, 0.15) is 5.75 Å². The summed E-state index contributed by atoms with van der Waals surface area (Å²) in [5, 5.41) is 7.45. The average Bonchev–Trinajstić information content (AvgIpc) is 2.83. The molecule has 3 rings (SSSR count). The van der Waals surface area contributed by atoms with E-state index in [2.05, 4.69) is 20.4 Å². The molecule has 1 fully saturated rings. The molecule has 2 aromatic rings. The van der Waals surface area contributed by atoms with Crippen LogP contribution in [-0.4, -0.2) is 48.3 Å². The number of nitrogens with zero attached hydrogens (tertiary/aromatic N) is 3. The Labute approximate surface area is 124 Å². The third-order valence-corrected chi connectivity index (χ3v) is 3.61. The molecule has 1 aliphatic rings. The van der Waals surface area contributed by atoms with E-state index in [-0.39, 0.29) is 0 Å². The molecule has 1 N–H and O–H groups in total. The van der Waals surface area contributed by atoms with E-state index in [1.807, 2.05) is 24.3 Å². The van der Waals surface area contributed by atoms with Gasteiger partial charge in [-0.15, -0.1) is 0 Å². The highest BCUT2D eigenvalue weighted by Gasteiger charge is 2.14. The van der Waals surface area contributed by atoms with Crippen molar-refractivity contribution in [2.24, 2.45) is 0 Å². The van der Waals surface area contributed by atoms with Crippen LogP contribution in [0.5, 0.6) is 5.75 Å². The van der Waals surface area contributed by atoms with Gasteiger partial charge in [0.15, 0.2) is 0 Å². The quantitative estimate of drug-likeness (QED) is 0.921. The number of hydrogen-bond acceptors (Lipinski definition) is 6. The predicted molar refractivity (Wildman–Crippen MR) is 79.0 cm³/mol. The molecule has 2 heterocycles. The highest BCUT2D eigenvalue weighted by atomic mass is 16.5. The molecule has 0 aliphatic carbocycles. The molecule has 1 aromatic carbocycles. The van der Waals surface area contributed by atoms with Crippen LogP contribution in [0.15, 0.2) is 28.8 Å². The largest absolute Gasteiger partial charge is 0.497 e. The second kappa shape index (κ2) is 6.69. The topological polar surface area (TPSA) is 63.4 Å². The summed E-state index contributed by atoms with van der Waals surface area (Å²) in [4.78, 5) is 6.82. The first-order valence-corrected chi connectivity index (χ1v) is 7.25. The second-order valence-corrected chi connectivity index (χ2v) is 5.12. The SMILES string of the molecule is COc1ccc(-c2noc(CN3CCCNCC3)n2)cc1. The zero-order chi connectivity index (χ0) is 14.5. The Morgan fingerprint density at radius 3 is 2.90 bits per heavy atom. The first-order valence-electron chi connectivity index (χ1n) is 7.25. The average molecular weight is 288 g/mol. The van der Waals surface area contributed by atoms with Crippen LogP contribution in [-0.2, 0) is 6.54 Å². The van der Waals surface area contributed by atoms with E-state index < -0.39 is 0 Å². The van der Waals surface area contributed by atoms with E-state index in [9.17, 15) is 0 Å². The number of hydrogen-bond donors (Lipinski definition) is 1. The lowest BCUT2D eigenvalue weighted by Gasteiger charge is -2.16. The van der Waals surface area contributed by atoms with E-state index in [0.29, 0.717) is 18.3 Å². The Balaban J connectivity index is 1.67. The molecule has 0 spiro atoms. The lowest BCUT2D eigenvalue weighted by atomic mass is 10.2. The number of aromatic nitrogens is 2. The van der Waals surface area contributed by atoms with Crippen molar-refractivity contribution >= 4 is 0 Å². The van der Waals surface area contributed by atoms with E-state index in [4.69, 9.17) is 9.26 Å². The highest BCUT2D eigenvalue weighted by molar-refractivity contribution is 5.55. The van der Waals surface area contributed by atoms with Crippen LogP contribution in [0.25, 0.3) is 11.4 Å². The molecular weight excluding hydrogens is 268 g/mol. The standard InChI is InChI=1S/C15H20N4O2/c1-20-13-5-3-12(4-6-13)15-17-14(21-18-15)11-19-9-2-7-16-8-10-19/h3-6,16H,2,7-11H2,1H3. The third kappa shape index (κ3) is 3.59. The van der Waals surface area contributed by atoms with Gasteiger partial charge in [-0.2, -0.15) is 4.98 Å². The van der Waals surface area contributed by atoms with Crippen LogP contribution in [0.4, 0.5) is 0 Å². The molecule has 1 aliphatic heterocycles. The molecule has 1 aromatic heterocycles. The minimum absolute atomic E-state index is 0.626. The summed E-state index contributed by atoms with van der Waals surface area (Å²) in [6, 6.07) is 7.66. The fourth-order valence-corrected chi connectivity index (χ4v) is 2.43. The molecule has 112 valence electrons. The smallest absolute Gasteiger partial charge is 0.241 e. The van der Waals surface area contributed by atoms with Crippen molar-refractivity contribution in [3.63, 3.8) is 0 Å². The summed E-state index contributed by atoms with van der Waals surface area (Å²) in [7, 11) is 1.65. The minimum Gasteiger partial charge on any atom is -0.497 e. The maximum Gasteiger partial charge on any atom is 0.241 e. The number of rotatable bonds is 4. The van der Waals surface area contributed by atoms with Crippen LogP contribution in [0.2, 0.25) is 0 Å². The summed E-state index contributed by atoms with van der Waals surface area (Å²) in [6.45, 7) is 4.88. The minimum atomic E-state index is 0.626. The van der Waals surface area contributed by atoms with Gasteiger partial charge in [0.2, 0.25) is 11.7 Å². The first kappa shape index (κ1) is 14.0. The number of methoxy groups -OCH3 is 1. The van der Waals surface area contributed by atoms with Crippen molar-refractivity contribution in [2.75, 3.05) is 33.3 Å². The molecule has 0 atom stereocenters. The highest BCUT2D eigenvalue weighted by Crippen LogP contribution is 2.20. The van der Waals surface area contributed by atoms with Gasteiger partial charge in [-0.25, -0.2) is 0 Å². The number of benzene rings is 1. The van der Waals surface area contributed by atoms with E-state index in [1.165, 1.54) is 0 Å². The Kier molecular flexibility index (Phi) is 4.47. The Hall–Kier alpha value is -1.92. The summed E-state index contributed by atoms with van der Waals surface area (Å²) in [6.07, 6.45) is 1.15. The van der Waals surface area contributed by atoms with Crippen LogP contribution >= 0.6 is 0 Å². The summed E-state index contributed by atoms with van der Waals surface area (Å²) in [5.41, 5.74) is 0.934. The molecule has 6 nitrogen and oxygen atoms in total. The monoisotopic (exact) mass is 288 g/mol. The van der Waals surface area contributed by atoms with Gasteiger partial charge in [-0.05, 0) is 43.8 Å². The van der Waals surface area contributed by atoms with Crippen molar-refractivity contribution in [3.8, 4) is 17.1 Å². The van der Waals surface area contributed by atoms with Crippen LogP contribution in [0.1, 0.15) is 12.3 Å². The van der Waals surface area contributed by atoms with Crippen LogP contribution in [0, 0.1) is 0 Å². The van der Waals surface area contributed by atoms with E-state index >= 15 is 0 Å². The molecule has 0 unspecified atom stereocenters. The van der Waals surface area contributed by atoms with Crippen LogP contribution in [0.3, 0.4) is 0 Å². The fraction of sp³-hybridized carbons (Fsp3) is 0.467. The fourth-order valence-electron chi connectivity index (χ4n) is 2.43. The van der Waals surface area contributed by atoms with Gasteiger partial charge in [0, 0.05) is 18.7 Å². The zero-order valence-electron chi connectivity index (χ0n) is 12.2. The molecule has 0 bridgehead atoms. The normalized spacial score (nSPS) is 16.6. The number of nitrogens with one attached hydrogen (secondary N) is 1. The molecule has 6 heteroatoms. The molecule has 0 amide bonds. The molecule has 1 saturated heterocycles. The van der Waals surface area contributed by atoms with Crippen molar-refractivity contribution < 1.29 is 9.26 Å². The summed E-state index contributed by atoms with van der Waals surface area (Å²) < 4.78 is 10.5. The van der Waals surface area contributed by atoms with Gasteiger partial charge in [-0.3, -0.25) is 4.90 Å². The van der Waals surface area contributed by atoms with Crippen molar-refractivity contribution in [2.45, 2.75) is 13.0 Å². The summed E-state index contributed by atoms with van der Waals surface area (Å²) >= 11 is 0. The van der Waals surface area contributed by atoms with Gasteiger partial charge < -0.3 is 14.6 Å². The second-order valence-electron chi connectivity index (χ2n) is 5.12. The molecular formula is C15H20N4O2. The third-order valence-electron chi connectivity index (χ3n) is 3.61. The predicted octanol–water partition coefficient (Wildman–Crippen LogP) is 1.54. The van der Waals surface area contributed by atoms with Crippen LogP contribution < -0.4 is 10.1 Å². The Morgan fingerprint density at radius 1 is 1.24 bits per heavy atom. The maximum absolute atomic E-state index is 5.36. The zero-order valence-corrected chi connectivity index (χ0v) is 12.2. The van der Waals surface area contributed by atoms with E-state index in [0.717, 1.165) is 43.9 Å². The van der Waals surface area contributed by atoms with Gasteiger partial charge in [-0.1, -0.05) is 5.16 Å². The Bertz CT molecular complexity index is 559. The lowest BCUT2D eigenvalue weighted by molar-refractivity contribution is 0.239. The number of ether oxygens (including phenoxy) is 1. The van der Waals surface area contributed by atoms with Crippen molar-refractivity contribution in [3.05, 3.63) is 30.2 Å². The van der Waals surface area contributed by atoms with E-state index in [1.54, 1.807) is 7.11 Å². The maximum atomic E-state index is 5.36. The summed E-state index contributed by atoms with van der Waals surface area (Å²) in [5.74, 6) is 2.11. The van der Waals surface area contributed by atoms with Crippen molar-refractivity contribution in [1.82, 2.24) is 20.4 Å². The van der Waals surface area contributed by atoms with Gasteiger partial charge in [0.05, 0.1) is 13.7 Å². The van der Waals surface area contributed by atoms with Gasteiger partial charge in [0.25, 0.3) is 0 Å². The lowest BCUT2D eigenvalue weighted by Crippen LogP contribution is -2.27. The van der Waals surface area contributed by atoms with Crippen molar-refractivity contribution in [1.29, 1.82) is 0 Å². The first-order chi connectivity index (χ1) is 10.3. The molecule has 0 saturated carbocycles. The van der Waals surface area contributed by atoms with Gasteiger partial charge >= 0.3 is 0 Å². The molecule has 0 radical (unpaired) electrons. The Morgan fingerprint density at radius 2 is 2.10 bits per heavy atom.